The van der Waals surface area contributed by atoms with E-state index in [0.717, 1.165) is 6.54 Å². The first-order valence-electron chi connectivity index (χ1n) is 5.97. The smallest absolute Gasteiger partial charge is 0.394 e. The summed E-state index contributed by atoms with van der Waals surface area (Å²) in [5.41, 5.74) is 3.74. The third-order valence-electron chi connectivity index (χ3n) is 2.00. The summed E-state index contributed by atoms with van der Waals surface area (Å²) in [5.74, 6) is 4.55. The molecule has 0 fully saturated rings. The first-order valence-corrected chi connectivity index (χ1v) is 7.37. The van der Waals surface area contributed by atoms with Crippen molar-refractivity contribution in [3.8, 4) is 0 Å². The van der Waals surface area contributed by atoms with E-state index in [2.05, 4.69) is 15.1 Å². The Kier molecular flexibility index (Phi) is 9.37. The first-order chi connectivity index (χ1) is 10.6. The average Bonchev–Trinajstić information content (AvgIpc) is 2.86. The lowest BCUT2D eigenvalue weighted by molar-refractivity contribution is 0.0685. The molecule has 0 radical (unpaired) electrons. The number of nitrogens with two attached hydrogens (primary N) is 1. The fraction of sp³-hybridized carbons (Fsp3) is 0.167. The van der Waals surface area contributed by atoms with Crippen LogP contribution in [-0.2, 0) is 16.9 Å². The third-order valence-corrected chi connectivity index (χ3v) is 2.00. The van der Waals surface area contributed by atoms with Gasteiger partial charge in [-0.15, -0.1) is 0 Å². The van der Waals surface area contributed by atoms with Gasteiger partial charge >= 0.3 is 16.4 Å². The summed E-state index contributed by atoms with van der Waals surface area (Å²) >= 11 is 0. The van der Waals surface area contributed by atoms with E-state index >= 15 is 0 Å². The maximum atomic E-state index is 10.1. The van der Waals surface area contributed by atoms with E-state index in [9.17, 15) is 4.79 Å². The molecule has 128 valence electrons. The molecule has 1 heterocycles. The topological polar surface area (TPSA) is 176 Å². The molecular formula is C12H17N3O7S. The Labute approximate surface area is 132 Å². The molecular weight excluding hydrogens is 330 g/mol. The molecule has 0 bridgehead atoms. The highest BCUT2D eigenvalue weighted by molar-refractivity contribution is 7.79. The lowest BCUT2D eigenvalue weighted by atomic mass is 10.2. The molecule has 0 spiro atoms. The molecule has 0 aliphatic heterocycles. The number of aromatic nitrogens is 1. The quantitative estimate of drug-likeness (QED) is 0.301. The number of hydrogen-bond donors (Lipinski definition) is 5. The van der Waals surface area contributed by atoms with E-state index in [4.69, 9.17) is 28.5 Å². The van der Waals surface area contributed by atoms with Crippen LogP contribution < -0.4 is 11.3 Å². The van der Waals surface area contributed by atoms with Gasteiger partial charge in [-0.05, 0) is 12.5 Å². The Bertz CT molecular complexity index is 678. The van der Waals surface area contributed by atoms with Crippen LogP contribution in [0.1, 0.15) is 21.8 Å². The molecule has 6 N–H and O–H groups in total. The minimum absolute atomic E-state index is 0.0486. The Hall–Kier alpha value is -2.31. The van der Waals surface area contributed by atoms with Crippen molar-refractivity contribution in [1.29, 1.82) is 0 Å². The average molecular weight is 347 g/mol. The van der Waals surface area contributed by atoms with Crippen LogP contribution in [0.25, 0.3) is 0 Å². The number of carboxylic acid groups (broad SMARTS) is 1. The number of hydrogen-bond acceptors (Lipinski definition) is 7. The normalized spacial score (nSPS) is 9.91. The SMILES string of the molecule is Cc1cc(C(=O)O)no1.NNCc1ccccc1.O=S(=O)(O)O. The maximum absolute atomic E-state index is 10.1. The van der Waals surface area contributed by atoms with Crippen LogP contribution >= 0.6 is 0 Å². The zero-order valence-electron chi connectivity index (χ0n) is 12.1. The highest BCUT2D eigenvalue weighted by Gasteiger charge is 2.06. The molecule has 11 heteroatoms. The second kappa shape index (κ2) is 10.4. The molecule has 1 aromatic heterocycles. The van der Waals surface area contributed by atoms with Gasteiger partial charge < -0.3 is 9.63 Å². The Morgan fingerprint density at radius 3 is 2.13 bits per heavy atom. The highest BCUT2D eigenvalue weighted by atomic mass is 32.3. The van der Waals surface area contributed by atoms with Crippen LogP contribution in [0.15, 0.2) is 40.9 Å². The second-order valence-electron chi connectivity index (χ2n) is 3.94. The van der Waals surface area contributed by atoms with Gasteiger partial charge in [-0.1, -0.05) is 35.5 Å². The highest BCUT2D eigenvalue weighted by Crippen LogP contribution is 1.99. The summed E-state index contributed by atoms with van der Waals surface area (Å²) in [7, 11) is -4.67. The van der Waals surface area contributed by atoms with Crippen LogP contribution in [0.5, 0.6) is 0 Å². The number of carboxylic acids is 1. The zero-order valence-corrected chi connectivity index (χ0v) is 12.9. The van der Waals surface area contributed by atoms with Gasteiger partial charge in [0.25, 0.3) is 0 Å². The van der Waals surface area contributed by atoms with Crippen molar-refractivity contribution in [2.75, 3.05) is 0 Å². The summed E-state index contributed by atoms with van der Waals surface area (Å²) in [5, 5.41) is 11.5. The van der Waals surface area contributed by atoms with Gasteiger partial charge in [0.15, 0.2) is 5.69 Å². The monoisotopic (exact) mass is 347 g/mol. The van der Waals surface area contributed by atoms with E-state index in [1.54, 1.807) is 6.92 Å². The number of carbonyl (C=O) groups is 1. The van der Waals surface area contributed by atoms with Gasteiger partial charge in [0.05, 0.1) is 0 Å². The molecule has 10 nitrogen and oxygen atoms in total. The molecule has 2 aromatic rings. The van der Waals surface area contributed by atoms with E-state index in [0.29, 0.717) is 5.76 Å². The van der Waals surface area contributed by atoms with Gasteiger partial charge in [0.1, 0.15) is 5.76 Å². The van der Waals surface area contributed by atoms with Crippen LogP contribution in [0, 0.1) is 6.92 Å². The summed E-state index contributed by atoms with van der Waals surface area (Å²) < 4.78 is 36.1. The fourth-order valence-electron chi connectivity index (χ4n) is 1.18. The molecule has 1 aromatic carbocycles. The van der Waals surface area contributed by atoms with Gasteiger partial charge in [0, 0.05) is 12.6 Å². The van der Waals surface area contributed by atoms with E-state index in [-0.39, 0.29) is 5.69 Å². The van der Waals surface area contributed by atoms with Gasteiger partial charge in [-0.2, -0.15) is 8.42 Å². The molecule has 0 aliphatic rings. The van der Waals surface area contributed by atoms with Crippen molar-refractivity contribution in [1.82, 2.24) is 10.6 Å². The Morgan fingerprint density at radius 2 is 1.83 bits per heavy atom. The predicted octanol–water partition coefficient (Wildman–Crippen LogP) is 0.678. The van der Waals surface area contributed by atoms with Crippen LogP contribution in [0.4, 0.5) is 0 Å². The number of nitrogens with zero attached hydrogens (tertiary/aromatic N) is 1. The molecule has 2 rings (SSSR count). The molecule has 0 aliphatic carbocycles. The van der Waals surface area contributed by atoms with Gasteiger partial charge in [0.2, 0.25) is 0 Å². The van der Waals surface area contributed by atoms with Crippen molar-refractivity contribution >= 4 is 16.4 Å². The first kappa shape index (κ1) is 20.7. The number of hydrazine groups is 1. The summed E-state index contributed by atoms with van der Waals surface area (Å²) in [4.78, 5) is 10.1. The molecule has 0 saturated heterocycles. The van der Waals surface area contributed by atoms with Crippen molar-refractivity contribution in [3.63, 3.8) is 0 Å². The molecule has 0 atom stereocenters. The Morgan fingerprint density at radius 1 is 1.30 bits per heavy atom. The van der Waals surface area contributed by atoms with Crippen molar-refractivity contribution in [3.05, 3.63) is 53.4 Å². The predicted molar refractivity (Wildman–Crippen MR) is 79.8 cm³/mol. The number of aromatic carboxylic acids is 1. The van der Waals surface area contributed by atoms with Gasteiger partial charge in [-0.3, -0.25) is 20.4 Å². The van der Waals surface area contributed by atoms with Gasteiger partial charge in [-0.25, -0.2) is 4.79 Å². The van der Waals surface area contributed by atoms with Crippen LogP contribution in [-0.4, -0.2) is 33.8 Å². The van der Waals surface area contributed by atoms with Crippen LogP contribution in [0.2, 0.25) is 0 Å². The van der Waals surface area contributed by atoms with Crippen molar-refractivity contribution < 1.29 is 31.9 Å². The summed E-state index contributed by atoms with van der Waals surface area (Å²) in [6.07, 6.45) is 0. The van der Waals surface area contributed by atoms with Crippen LogP contribution in [0.3, 0.4) is 0 Å². The molecule has 0 unspecified atom stereocenters. The number of benzene rings is 1. The molecule has 23 heavy (non-hydrogen) atoms. The largest absolute Gasteiger partial charge is 0.476 e. The summed E-state index contributed by atoms with van der Waals surface area (Å²) in [6, 6.07) is 11.4. The number of nitrogens with one attached hydrogen (secondary N) is 1. The molecule has 0 amide bonds. The minimum Gasteiger partial charge on any atom is -0.476 e. The number of rotatable bonds is 3. The lowest BCUT2D eigenvalue weighted by Gasteiger charge is -1.95. The van der Waals surface area contributed by atoms with E-state index in [1.807, 2.05) is 30.3 Å². The molecule has 0 saturated carbocycles. The standard InChI is InChI=1S/C7H10N2.C5H5NO3.H2O4S/c8-9-6-7-4-2-1-3-5-7;1-3-2-4(5(7)8)6-9-3;1-5(2,3)4/h1-5,9H,6,8H2;2H,1H3,(H,7,8);(H2,1,2,3,4). The minimum atomic E-state index is -4.67. The fourth-order valence-corrected chi connectivity index (χ4v) is 1.18. The number of aryl methyl sites for hydroxylation is 1. The van der Waals surface area contributed by atoms with E-state index in [1.165, 1.54) is 11.6 Å². The summed E-state index contributed by atoms with van der Waals surface area (Å²) in [6.45, 7) is 2.38. The van der Waals surface area contributed by atoms with Crippen molar-refractivity contribution in [2.24, 2.45) is 5.84 Å². The second-order valence-corrected chi connectivity index (χ2v) is 4.84. The maximum Gasteiger partial charge on any atom is 0.394 e. The zero-order chi connectivity index (χ0) is 17.9. The van der Waals surface area contributed by atoms with Crippen molar-refractivity contribution in [2.45, 2.75) is 13.5 Å². The third kappa shape index (κ3) is 13.1. The lowest BCUT2D eigenvalue weighted by Crippen LogP contribution is -2.20. The van der Waals surface area contributed by atoms with E-state index < -0.39 is 16.4 Å². The Balaban J connectivity index is 0.000000332.